The number of benzene rings is 2. The fourth-order valence-electron chi connectivity index (χ4n) is 4.27. The van der Waals surface area contributed by atoms with E-state index in [-0.39, 0.29) is 37.2 Å². The van der Waals surface area contributed by atoms with E-state index in [9.17, 15) is 34.2 Å². The van der Waals surface area contributed by atoms with Crippen LogP contribution in [-0.4, -0.2) is 74.7 Å². The minimum absolute atomic E-state index is 0.00454. The van der Waals surface area contributed by atoms with Crippen LogP contribution in [0, 0.1) is 0 Å². The number of rotatable bonds is 15. The van der Waals surface area contributed by atoms with Crippen molar-refractivity contribution in [1.82, 2.24) is 20.9 Å². The maximum atomic E-state index is 13.5. The predicted octanol–water partition coefficient (Wildman–Crippen LogP) is -0.280. The summed E-state index contributed by atoms with van der Waals surface area (Å²) < 4.78 is 0. The van der Waals surface area contributed by atoms with E-state index in [2.05, 4.69) is 33.6 Å². The van der Waals surface area contributed by atoms with E-state index in [1.54, 1.807) is 18.3 Å². The first-order chi connectivity index (χ1) is 20.0. The quantitative estimate of drug-likeness (QED) is 0.105. The minimum atomic E-state index is -1.34. The molecular weight excluding hydrogens is 564 g/mol. The minimum Gasteiger partial charge on any atom is -0.508 e. The number of aromatic nitrogens is 1. The number of carbonyl (C=O) groups excluding carboxylic acids is 4. The Morgan fingerprint density at radius 1 is 0.857 bits per heavy atom. The zero-order chi connectivity index (χ0) is 30.8. The summed E-state index contributed by atoms with van der Waals surface area (Å²) in [5.41, 5.74) is 13.7. The van der Waals surface area contributed by atoms with Gasteiger partial charge < -0.3 is 42.6 Å². The third-order valence-corrected chi connectivity index (χ3v) is 6.94. The van der Waals surface area contributed by atoms with Gasteiger partial charge >= 0.3 is 5.97 Å². The summed E-state index contributed by atoms with van der Waals surface area (Å²) >= 11 is 3.92. The second kappa shape index (κ2) is 14.9. The monoisotopic (exact) mass is 598 g/mol. The lowest BCUT2D eigenvalue weighted by molar-refractivity contribution is -0.141. The third kappa shape index (κ3) is 8.97. The van der Waals surface area contributed by atoms with Crippen LogP contribution in [-0.2, 0) is 36.8 Å². The van der Waals surface area contributed by atoms with E-state index < -0.39 is 53.8 Å². The van der Waals surface area contributed by atoms with Crippen LogP contribution in [0.2, 0.25) is 0 Å². The molecule has 1 aromatic heterocycles. The van der Waals surface area contributed by atoms with Crippen LogP contribution >= 0.6 is 12.6 Å². The summed E-state index contributed by atoms with van der Waals surface area (Å²) in [6.07, 6.45) is 1.41. The molecule has 0 saturated carbocycles. The van der Waals surface area contributed by atoms with E-state index in [0.29, 0.717) is 5.56 Å². The molecule has 0 bridgehead atoms. The molecule has 0 fully saturated rings. The van der Waals surface area contributed by atoms with Gasteiger partial charge in [0.05, 0.1) is 6.04 Å². The van der Waals surface area contributed by atoms with Gasteiger partial charge in [-0.3, -0.25) is 19.2 Å². The van der Waals surface area contributed by atoms with Crippen LogP contribution in [0.5, 0.6) is 5.75 Å². The molecule has 10 N–H and O–H groups in total. The van der Waals surface area contributed by atoms with Gasteiger partial charge in [-0.25, -0.2) is 4.79 Å². The molecule has 2 aromatic carbocycles. The summed E-state index contributed by atoms with van der Waals surface area (Å²) in [5.74, 6) is -4.55. The number of phenols is 1. The number of nitrogens with one attached hydrogen (secondary N) is 4. The highest BCUT2D eigenvalue weighted by Crippen LogP contribution is 2.19. The molecule has 0 aliphatic rings. The Morgan fingerprint density at radius 2 is 1.48 bits per heavy atom. The molecule has 0 saturated heterocycles. The van der Waals surface area contributed by atoms with E-state index in [0.717, 1.165) is 16.5 Å². The van der Waals surface area contributed by atoms with Gasteiger partial charge in [-0.1, -0.05) is 30.3 Å². The third-order valence-electron chi connectivity index (χ3n) is 6.57. The number of thiol groups is 1. The summed E-state index contributed by atoms with van der Waals surface area (Å²) in [6, 6.07) is 8.55. The summed E-state index contributed by atoms with van der Waals surface area (Å²) in [5, 5.41) is 27.2. The molecule has 1 heterocycles. The van der Waals surface area contributed by atoms with E-state index >= 15 is 0 Å². The second-order valence-electron chi connectivity index (χ2n) is 9.75. The number of fused-ring (bicyclic) bond motifs is 1. The molecular formula is C28H34N6O7S. The maximum Gasteiger partial charge on any atom is 0.327 e. The standard InChI is InChI=1S/C28H34N6O7S/c29-19(12-16-13-31-20-4-2-1-3-18(16)20)25(37)33-22(11-15-5-7-17(35)8-6-15)27(39)32-21(9-10-24(30)36)26(38)34-23(14-42)28(40)41/h1-8,13,19,21-23,31,35,42H,9-12,14,29H2,(H2,30,36)(H,32,39)(H,33,37)(H,34,38)(H,40,41). The number of aromatic amines is 1. The van der Waals surface area contributed by atoms with Crippen LogP contribution in [0.15, 0.2) is 54.7 Å². The first kappa shape index (κ1) is 32.0. The number of aliphatic carboxylic acids is 1. The lowest BCUT2D eigenvalue weighted by Crippen LogP contribution is -2.58. The van der Waals surface area contributed by atoms with Crippen molar-refractivity contribution < 1.29 is 34.2 Å². The van der Waals surface area contributed by atoms with Gasteiger partial charge in [0.1, 0.15) is 23.9 Å². The normalized spacial score (nSPS) is 13.9. The largest absolute Gasteiger partial charge is 0.508 e. The zero-order valence-electron chi connectivity index (χ0n) is 22.6. The molecule has 0 aliphatic carbocycles. The lowest BCUT2D eigenvalue weighted by atomic mass is 10.0. The van der Waals surface area contributed by atoms with Crippen molar-refractivity contribution in [1.29, 1.82) is 0 Å². The van der Waals surface area contributed by atoms with Crippen molar-refractivity contribution in [3.63, 3.8) is 0 Å². The summed E-state index contributed by atoms with van der Waals surface area (Å²) in [4.78, 5) is 65.4. The number of carboxylic acid groups (broad SMARTS) is 1. The van der Waals surface area contributed by atoms with Crippen molar-refractivity contribution in [3.8, 4) is 5.75 Å². The fourth-order valence-corrected chi connectivity index (χ4v) is 4.52. The van der Waals surface area contributed by atoms with Gasteiger partial charge in [0.15, 0.2) is 0 Å². The number of carboxylic acids is 1. The number of nitrogens with two attached hydrogens (primary N) is 2. The molecule has 13 nitrogen and oxygen atoms in total. The number of aromatic hydroxyl groups is 1. The molecule has 0 spiro atoms. The van der Waals surface area contributed by atoms with Gasteiger partial charge in [-0.05, 0) is 42.2 Å². The van der Waals surface area contributed by atoms with Crippen molar-refractivity contribution in [2.24, 2.45) is 11.5 Å². The number of hydrogen-bond acceptors (Lipinski definition) is 8. The smallest absolute Gasteiger partial charge is 0.327 e. The van der Waals surface area contributed by atoms with Crippen LogP contribution < -0.4 is 27.4 Å². The Morgan fingerprint density at radius 3 is 2.12 bits per heavy atom. The molecule has 4 unspecified atom stereocenters. The Balaban J connectivity index is 1.79. The predicted molar refractivity (Wildman–Crippen MR) is 157 cm³/mol. The van der Waals surface area contributed by atoms with E-state index in [1.165, 1.54) is 12.1 Å². The number of hydrogen-bond donors (Lipinski definition) is 9. The topological polar surface area (TPSA) is 230 Å². The summed E-state index contributed by atoms with van der Waals surface area (Å²) in [7, 11) is 0. The molecule has 4 atom stereocenters. The van der Waals surface area contributed by atoms with Crippen molar-refractivity contribution >= 4 is 53.1 Å². The Kier molecular flexibility index (Phi) is 11.3. The Hall–Kier alpha value is -4.56. The number of carbonyl (C=O) groups is 5. The number of para-hydroxylation sites is 1. The van der Waals surface area contributed by atoms with Crippen LogP contribution in [0.3, 0.4) is 0 Å². The second-order valence-corrected chi connectivity index (χ2v) is 10.1. The van der Waals surface area contributed by atoms with Crippen molar-refractivity contribution in [2.75, 3.05) is 5.75 Å². The molecule has 42 heavy (non-hydrogen) atoms. The molecule has 0 aliphatic heterocycles. The van der Waals surface area contributed by atoms with Crippen LogP contribution in [0.1, 0.15) is 24.0 Å². The van der Waals surface area contributed by atoms with Gasteiger partial charge in [0.25, 0.3) is 0 Å². The Bertz CT molecular complexity index is 1430. The van der Waals surface area contributed by atoms with Crippen molar-refractivity contribution in [3.05, 3.63) is 65.9 Å². The Labute approximate surface area is 246 Å². The van der Waals surface area contributed by atoms with Gasteiger partial charge in [-0.2, -0.15) is 12.6 Å². The molecule has 3 aromatic rings. The first-order valence-corrected chi connectivity index (χ1v) is 13.7. The SMILES string of the molecule is NC(=O)CCC(NC(=O)C(Cc1ccc(O)cc1)NC(=O)C(N)Cc1c[nH]c2ccccc12)C(=O)NC(CS)C(=O)O. The van der Waals surface area contributed by atoms with Crippen molar-refractivity contribution in [2.45, 2.75) is 49.9 Å². The number of phenolic OH excluding ortho intramolecular Hbond substituents is 1. The first-order valence-electron chi connectivity index (χ1n) is 13.1. The highest BCUT2D eigenvalue weighted by Gasteiger charge is 2.30. The molecule has 3 rings (SSSR count). The number of amides is 4. The van der Waals surface area contributed by atoms with Gasteiger partial charge in [0, 0.05) is 35.7 Å². The van der Waals surface area contributed by atoms with Gasteiger partial charge in [-0.15, -0.1) is 0 Å². The molecule has 4 amide bonds. The highest BCUT2D eigenvalue weighted by molar-refractivity contribution is 7.80. The number of primary amides is 1. The fraction of sp³-hybridized carbons (Fsp3) is 0.321. The van der Waals surface area contributed by atoms with Crippen LogP contribution in [0.4, 0.5) is 0 Å². The zero-order valence-corrected chi connectivity index (χ0v) is 23.5. The molecule has 0 radical (unpaired) electrons. The average molecular weight is 599 g/mol. The molecule has 224 valence electrons. The van der Waals surface area contributed by atoms with Crippen LogP contribution in [0.25, 0.3) is 10.9 Å². The summed E-state index contributed by atoms with van der Waals surface area (Å²) in [6.45, 7) is 0. The number of H-pyrrole nitrogens is 1. The molecule has 14 heteroatoms. The van der Waals surface area contributed by atoms with Gasteiger partial charge in [0.2, 0.25) is 23.6 Å². The average Bonchev–Trinajstić information content (AvgIpc) is 3.36. The lowest BCUT2D eigenvalue weighted by Gasteiger charge is -2.25. The van der Waals surface area contributed by atoms with E-state index in [4.69, 9.17) is 11.5 Å². The highest BCUT2D eigenvalue weighted by atomic mass is 32.1. The van der Waals surface area contributed by atoms with E-state index in [1.807, 2.05) is 24.3 Å². The maximum absolute atomic E-state index is 13.5.